The summed E-state index contributed by atoms with van der Waals surface area (Å²) in [7, 11) is 0. The Balaban J connectivity index is 3.58. The Hall–Kier alpha value is 2.11. The molecule has 0 fully saturated rings. The third kappa shape index (κ3) is 4.53. The molecule has 9 heavy (non-hydrogen) atoms. The summed E-state index contributed by atoms with van der Waals surface area (Å²) in [4.78, 5) is 0. The third-order valence-electron chi connectivity index (χ3n) is 0.778. The van der Waals surface area contributed by atoms with E-state index in [2.05, 4.69) is 45.2 Å². The van der Waals surface area contributed by atoms with Gasteiger partial charge in [-0.1, -0.05) is 67.8 Å². The summed E-state index contributed by atoms with van der Waals surface area (Å²) in [5.41, 5.74) is 0. The third-order valence-corrected chi connectivity index (χ3v) is 7.51. The lowest BCUT2D eigenvalue weighted by atomic mass is 10.3. The van der Waals surface area contributed by atoms with E-state index in [0.717, 1.165) is 4.43 Å². The molecule has 0 spiro atoms. The van der Waals surface area contributed by atoms with Crippen molar-refractivity contribution in [2.75, 3.05) is 4.43 Å². The van der Waals surface area contributed by atoms with Gasteiger partial charge >= 0.3 is 0 Å². The highest BCUT2D eigenvalue weighted by Crippen LogP contribution is 2.19. The second-order valence-electron chi connectivity index (χ2n) is 1.53. The standard InChI is InChI=1S/C4H7I3O2/c5-1-2(6)3(7)4(8)9/h2-4,8-9H,1H2. The minimum absolute atomic E-state index is 0.0555. The molecule has 0 heterocycles. The van der Waals surface area contributed by atoms with Crippen LogP contribution in [0.15, 0.2) is 0 Å². The molecule has 0 aromatic heterocycles. The van der Waals surface area contributed by atoms with Crippen LogP contribution in [0.3, 0.4) is 0 Å². The Morgan fingerprint density at radius 2 is 1.67 bits per heavy atom. The highest BCUT2D eigenvalue weighted by Gasteiger charge is 2.20. The van der Waals surface area contributed by atoms with Gasteiger partial charge in [-0.05, 0) is 0 Å². The van der Waals surface area contributed by atoms with E-state index in [-0.39, 0.29) is 3.92 Å². The predicted octanol–water partition coefficient (Wildman–Crippen LogP) is 1.34. The summed E-state index contributed by atoms with van der Waals surface area (Å²) in [6, 6.07) is 0. The van der Waals surface area contributed by atoms with Crippen LogP contribution in [-0.2, 0) is 0 Å². The van der Waals surface area contributed by atoms with E-state index in [1.165, 1.54) is 0 Å². The fraction of sp³-hybridized carbons (Fsp3) is 1.00. The molecule has 0 aliphatic carbocycles. The van der Waals surface area contributed by atoms with Crippen LogP contribution in [0.25, 0.3) is 0 Å². The molecule has 0 radical (unpaired) electrons. The molecule has 5 heteroatoms. The summed E-state index contributed by atoms with van der Waals surface area (Å²) >= 11 is 6.48. The van der Waals surface area contributed by atoms with Gasteiger partial charge in [0, 0.05) is 8.35 Å². The molecule has 0 saturated carbocycles. The van der Waals surface area contributed by atoms with Crippen molar-refractivity contribution in [3.8, 4) is 0 Å². The average molecular weight is 468 g/mol. The van der Waals surface area contributed by atoms with Crippen LogP contribution in [0.5, 0.6) is 0 Å². The summed E-state index contributed by atoms with van der Waals surface area (Å²) in [5.74, 6) is 0. The topological polar surface area (TPSA) is 40.5 Å². The van der Waals surface area contributed by atoms with Gasteiger partial charge < -0.3 is 10.2 Å². The van der Waals surface area contributed by atoms with Crippen molar-refractivity contribution in [1.29, 1.82) is 0 Å². The highest BCUT2D eigenvalue weighted by molar-refractivity contribution is 14.1. The summed E-state index contributed by atoms with van der Waals surface area (Å²) in [6.07, 6.45) is -1.18. The number of hydrogen-bond acceptors (Lipinski definition) is 2. The van der Waals surface area contributed by atoms with Crippen molar-refractivity contribution in [3.05, 3.63) is 0 Å². The number of halogens is 3. The van der Waals surface area contributed by atoms with Gasteiger partial charge in [-0.25, -0.2) is 0 Å². The molecule has 2 N–H and O–H groups in total. The normalized spacial score (nSPS) is 18.0. The fourth-order valence-electron chi connectivity index (χ4n) is 0.272. The van der Waals surface area contributed by atoms with Crippen LogP contribution in [0.2, 0.25) is 0 Å². The molecule has 2 unspecified atom stereocenters. The van der Waals surface area contributed by atoms with Gasteiger partial charge in [0.15, 0.2) is 6.29 Å². The lowest BCUT2D eigenvalue weighted by molar-refractivity contribution is -0.0350. The molecule has 0 aromatic rings. The van der Waals surface area contributed by atoms with Crippen LogP contribution < -0.4 is 0 Å². The van der Waals surface area contributed by atoms with Gasteiger partial charge in [0.05, 0.1) is 3.92 Å². The SMILES string of the molecule is OC(O)C(I)C(I)CI. The molecule has 0 aliphatic heterocycles. The van der Waals surface area contributed by atoms with E-state index < -0.39 is 6.29 Å². The Labute approximate surface area is 95.2 Å². The first-order valence-electron chi connectivity index (χ1n) is 2.30. The van der Waals surface area contributed by atoms with E-state index in [4.69, 9.17) is 10.2 Å². The zero-order valence-electron chi connectivity index (χ0n) is 4.47. The molecule has 56 valence electrons. The maximum Gasteiger partial charge on any atom is 0.164 e. The molecule has 2 atom stereocenters. The zero-order valence-corrected chi connectivity index (χ0v) is 10.9. The second-order valence-corrected chi connectivity index (χ2v) is 5.45. The average Bonchev–Trinajstić information content (AvgIpc) is 1.84. The number of rotatable bonds is 3. The quantitative estimate of drug-likeness (QED) is 0.374. The van der Waals surface area contributed by atoms with E-state index in [0.29, 0.717) is 3.92 Å². The minimum atomic E-state index is -1.18. The first-order valence-corrected chi connectivity index (χ1v) is 6.31. The van der Waals surface area contributed by atoms with Crippen LogP contribution in [-0.4, -0.2) is 28.8 Å². The van der Waals surface area contributed by atoms with E-state index in [1.807, 2.05) is 22.6 Å². The van der Waals surface area contributed by atoms with E-state index in [1.54, 1.807) is 0 Å². The Morgan fingerprint density at radius 3 is 1.78 bits per heavy atom. The van der Waals surface area contributed by atoms with Gasteiger partial charge in [-0.15, -0.1) is 0 Å². The van der Waals surface area contributed by atoms with Crippen molar-refractivity contribution in [3.63, 3.8) is 0 Å². The maximum absolute atomic E-state index is 8.66. The van der Waals surface area contributed by atoms with Crippen molar-refractivity contribution < 1.29 is 10.2 Å². The second kappa shape index (κ2) is 5.72. The zero-order chi connectivity index (χ0) is 7.44. The maximum atomic E-state index is 8.66. The Bertz CT molecular complexity index is 78.2. The molecule has 0 amide bonds. The molecule has 2 nitrogen and oxygen atoms in total. The van der Waals surface area contributed by atoms with E-state index >= 15 is 0 Å². The number of aliphatic hydroxyl groups excluding tert-OH is 1. The smallest absolute Gasteiger partial charge is 0.164 e. The number of aliphatic hydroxyl groups is 2. The van der Waals surface area contributed by atoms with Crippen molar-refractivity contribution in [1.82, 2.24) is 0 Å². The van der Waals surface area contributed by atoms with Crippen LogP contribution in [0.1, 0.15) is 0 Å². The van der Waals surface area contributed by atoms with Crippen LogP contribution in [0.4, 0.5) is 0 Å². The Kier molecular flexibility index (Phi) is 7.06. The Morgan fingerprint density at radius 1 is 1.22 bits per heavy atom. The van der Waals surface area contributed by atoms with Crippen molar-refractivity contribution >= 4 is 67.8 Å². The summed E-state index contributed by atoms with van der Waals surface area (Å²) < 4.78 is 1.23. The minimum Gasteiger partial charge on any atom is -0.367 e. The molecular weight excluding hydrogens is 461 g/mol. The molecule has 0 aromatic carbocycles. The van der Waals surface area contributed by atoms with Gasteiger partial charge in [-0.3, -0.25) is 0 Å². The fourth-order valence-corrected chi connectivity index (χ4v) is 2.42. The van der Waals surface area contributed by atoms with Crippen molar-refractivity contribution in [2.45, 2.75) is 14.1 Å². The lowest BCUT2D eigenvalue weighted by Gasteiger charge is -2.15. The van der Waals surface area contributed by atoms with Crippen LogP contribution >= 0.6 is 67.8 Å². The molecular formula is C4H7I3O2. The van der Waals surface area contributed by atoms with Gasteiger partial charge in [0.1, 0.15) is 0 Å². The first-order chi connectivity index (χ1) is 4.09. The van der Waals surface area contributed by atoms with Gasteiger partial charge in [0.2, 0.25) is 0 Å². The first kappa shape index (κ1) is 11.1. The lowest BCUT2D eigenvalue weighted by Crippen LogP contribution is -2.28. The summed E-state index contributed by atoms with van der Waals surface area (Å²) in [6.45, 7) is 0. The molecule has 0 rings (SSSR count). The molecule has 0 bridgehead atoms. The van der Waals surface area contributed by atoms with Crippen LogP contribution in [0, 0.1) is 0 Å². The monoisotopic (exact) mass is 468 g/mol. The summed E-state index contributed by atoms with van der Waals surface area (Å²) in [5, 5.41) is 17.3. The van der Waals surface area contributed by atoms with Crippen molar-refractivity contribution in [2.24, 2.45) is 0 Å². The predicted molar refractivity (Wildman–Crippen MR) is 62.7 cm³/mol. The number of hydrogen-bond donors (Lipinski definition) is 2. The molecule has 0 saturated heterocycles. The van der Waals surface area contributed by atoms with Gasteiger partial charge in [0.25, 0.3) is 0 Å². The molecule has 0 aliphatic rings. The van der Waals surface area contributed by atoms with E-state index in [9.17, 15) is 0 Å². The van der Waals surface area contributed by atoms with Gasteiger partial charge in [-0.2, -0.15) is 0 Å². The highest BCUT2D eigenvalue weighted by atomic mass is 127. The largest absolute Gasteiger partial charge is 0.367 e. The number of alkyl halides is 3.